The highest BCUT2D eigenvalue weighted by atomic mass is 16.5. The predicted octanol–water partition coefficient (Wildman–Crippen LogP) is 1.03. The molecule has 6 heteroatoms. The number of hydrogen-bond acceptors (Lipinski definition) is 4. The van der Waals surface area contributed by atoms with Gasteiger partial charge in [0.05, 0.1) is 18.0 Å². The maximum atomic E-state index is 12.2. The van der Waals surface area contributed by atoms with E-state index in [0.717, 1.165) is 19.4 Å². The summed E-state index contributed by atoms with van der Waals surface area (Å²) in [6.45, 7) is 6.08. The Kier molecular flexibility index (Phi) is 4.42. The fourth-order valence-corrected chi connectivity index (χ4v) is 2.57. The normalized spacial score (nSPS) is 22.6. The Morgan fingerprint density at radius 2 is 2.42 bits per heavy atom. The third-order valence-electron chi connectivity index (χ3n) is 3.66. The number of aromatic nitrogens is 2. The zero-order valence-corrected chi connectivity index (χ0v) is 11.6. The first-order valence-electron chi connectivity index (χ1n) is 6.88. The Bertz CT molecular complexity index is 444. The Balaban J connectivity index is 1.96. The molecule has 19 heavy (non-hydrogen) atoms. The van der Waals surface area contributed by atoms with E-state index in [1.807, 2.05) is 6.92 Å². The quantitative estimate of drug-likeness (QED) is 0.834. The Labute approximate surface area is 113 Å². The summed E-state index contributed by atoms with van der Waals surface area (Å²) in [6, 6.07) is 0. The summed E-state index contributed by atoms with van der Waals surface area (Å²) in [4.78, 5) is 12.2. The van der Waals surface area contributed by atoms with E-state index in [9.17, 15) is 4.79 Å². The first kappa shape index (κ1) is 13.9. The molecule has 2 atom stereocenters. The van der Waals surface area contributed by atoms with Gasteiger partial charge in [0.25, 0.3) is 5.91 Å². The molecule has 2 heterocycles. The van der Waals surface area contributed by atoms with E-state index in [1.165, 1.54) is 6.20 Å². The van der Waals surface area contributed by atoms with Crippen LogP contribution < -0.4 is 11.1 Å². The molecule has 0 radical (unpaired) electrons. The van der Waals surface area contributed by atoms with E-state index in [4.69, 9.17) is 10.5 Å². The Morgan fingerprint density at radius 1 is 1.63 bits per heavy atom. The first-order valence-corrected chi connectivity index (χ1v) is 6.88. The van der Waals surface area contributed by atoms with Gasteiger partial charge in [-0.3, -0.25) is 9.48 Å². The molecule has 1 amide bonds. The number of aryl methyl sites for hydroxylation is 1. The second kappa shape index (κ2) is 6.06. The van der Waals surface area contributed by atoms with Crippen LogP contribution in [0, 0.1) is 5.92 Å². The van der Waals surface area contributed by atoms with Crippen LogP contribution in [-0.2, 0) is 11.3 Å². The van der Waals surface area contributed by atoms with Crippen LogP contribution in [0.15, 0.2) is 6.20 Å². The summed E-state index contributed by atoms with van der Waals surface area (Å²) in [5, 5.41) is 7.02. The van der Waals surface area contributed by atoms with E-state index in [2.05, 4.69) is 17.3 Å². The highest BCUT2D eigenvalue weighted by Crippen LogP contribution is 2.22. The molecule has 6 nitrogen and oxygen atoms in total. The first-order chi connectivity index (χ1) is 9.17. The maximum absolute atomic E-state index is 12.2. The van der Waals surface area contributed by atoms with Crippen LogP contribution in [0.2, 0.25) is 0 Å². The van der Waals surface area contributed by atoms with E-state index in [0.29, 0.717) is 30.4 Å². The van der Waals surface area contributed by atoms with Crippen LogP contribution in [-0.4, -0.2) is 34.9 Å². The number of anilines is 1. The van der Waals surface area contributed by atoms with E-state index >= 15 is 0 Å². The number of nitrogens with one attached hydrogen (secondary N) is 1. The molecule has 2 unspecified atom stereocenters. The number of carbonyl (C=O) groups excluding carboxylic acids is 1. The van der Waals surface area contributed by atoms with Crippen molar-refractivity contribution in [2.45, 2.75) is 39.3 Å². The summed E-state index contributed by atoms with van der Waals surface area (Å²) in [5.41, 5.74) is 6.66. The number of nitrogens with zero attached hydrogens (tertiary/aromatic N) is 2. The summed E-state index contributed by atoms with van der Waals surface area (Å²) in [6.07, 6.45) is 3.76. The molecule has 1 aliphatic rings. The lowest BCUT2D eigenvalue weighted by molar-refractivity contribution is 0.0823. The molecule has 0 saturated carbocycles. The van der Waals surface area contributed by atoms with Crippen LogP contribution in [0.25, 0.3) is 0 Å². The number of nitrogen functional groups attached to an aromatic ring is 1. The van der Waals surface area contributed by atoms with Gasteiger partial charge in [-0.1, -0.05) is 6.92 Å². The average molecular weight is 266 g/mol. The molecular formula is C13H22N4O2. The second-order valence-electron chi connectivity index (χ2n) is 4.84. The van der Waals surface area contributed by atoms with Crippen molar-refractivity contribution in [1.29, 1.82) is 0 Å². The minimum atomic E-state index is -0.154. The number of rotatable bonds is 5. The van der Waals surface area contributed by atoms with Crippen LogP contribution in [0.4, 0.5) is 5.69 Å². The van der Waals surface area contributed by atoms with Gasteiger partial charge in [0, 0.05) is 25.6 Å². The molecule has 1 fully saturated rings. The fourth-order valence-electron chi connectivity index (χ4n) is 2.57. The lowest BCUT2D eigenvalue weighted by Gasteiger charge is -2.17. The topological polar surface area (TPSA) is 82.2 Å². The maximum Gasteiger partial charge on any atom is 0.271 e. The number of ether oxygens (including phenoxy) is 1. The molecule has 0 spiro atoms. The zero-order valence-electron chi connectivity index (χ0n) is 11.6. The van der Waals surface area contributed by atoms with Crippen LogP contribution >= 0.6 is 0 Å². The van der Waals surface area contributed by atoms with Crippen LogP contribution in [0.3, 0.4) is 0 Å². The molecule has 0 bridgehead atoms. The summed E-state index contributed by atoms with van der Waals surface area (Å²) < 4.78 is 7.23. The van der Waals surface area contributed by atoms with Crippen molar-refractivity contribution in [3.05, 3.63) is 11.9 Å². The molecule has 2 rings (SSSR count). The van der Waals surface area contributed by atoms with Crippen molar-refractivity contribution >= 4 is 11.6 Å². The number of hydrogen-bond donors (Lipinski definition) is 2. The standard InChI is InChI=1S/C13H22N4O2/c1-3-11-9(5-6-19-11)7-15-13(18)12-10(14)8-16-17(12)4-2/h8-9,11H,3-7,14H2,1-2H3,(H,15,18). The number of carbonyl (C=O) groups is 1. The molecule has 1 aromatic rings. The minimum Gasteiger partial charge on any atom is -0.396 e. The average Bonchev–Trinajstić information content (AvgIpc) is 3.01. The van der Waals surface area contributed by atoms with Crippen LogP contribution in [0.1, 0.15) is 37.2 Å². The van der Waals surface area contributed by atoms with Crippen molar-refractivity contribution in [2.75, 3.05) is 18.9 Å². The second-order valence-corrected chi connectivity index (χ2v) is 4.84. The minimum absolute atomic E-state index is 0.154. The van der Waals surface area contributed by atoms with Gasteiger partial charge in [0.2, 0.25) is 0 Å². The molecule has 3 N–H and O–H groups in total. The smallest absolute Gasteiger partial charge is 0.271 e. The third kappa shape index (κ3) is 2.89. The Morgan fingerprint density at radius 3 is 3.11 bits per heavy atom. The molecule has 0 aromatic carbocycles. The zero-order chi connectivity index (χ0) is 13.8. The van der Waals surface area contributed by atoms with E-state index in [-0.39, 0.29) is 12.0 Å². The lowest BCUT2D eigenvalue weighted by atomic mass is 10.00. The van der Waals surface area contributed by atoms with Crippen molar-refractivity contribution in [3.8, 4) is 0 Å². The Hall–Kier alpha value is -1.56. The van der Waals surface area contributed by atoms with Crippen LogP contribution in [0.5, 0.6) is 0 Å². The molecular weight excluding hydrogens is 244 g/mol. The third-order valence-corrected chi connectivity index (χ3v) is 3.66. The van der Waals surface area contributed by atoms with Crippen molar-refractivity contribution in [3.63, 3.8) is 0 Å². The predicted molar refractivity (Wildman–Crippen MR) is 72.8 cm³/mol. The van der Waals surface area contributed by atoms with Gasteiger partial charge in [0.15, 0.2) is 0 Å². The summed E-state index contributed by atoms with van der Waals surface area (Å²) >= 11 is 0. The fraction of sp³-hybridized carbons (Fsp3) is 0.692. The monoisotopic (exact) mass is 266 g/mol. The van der Waals surface area contributed by atoms with E-state index in [1.54, 1.807) is 4.68 Å². The molecule has 1 saturated heterocycles. The largest absolute Gasteiger partial charge is 0.396 e. The van der Waals surface area contributed by atoms with Crippen molar-refractivity contribution in [2.24, 2.45) is 5.92 Å². The van der Waals surface area contributed by atoms with E-state index < -0.39 is 0 Å². The highest BCUT2D eigenvalue weighted by Gasteiger charge is 2.27. The van der Waals surface area contributed by atoms with Crippen molar-refractivity contribution in [1.82, 2.24) is 15.1 Å². The van der Waals surface area contributed by atoms with Gasteiger partial charge in [-0.15, -0.1) is 0 Å². The van der Waals surface area contributed by atoms with Gasteiger partial charge >= 0.3 is 0 Å². The molecule has 0 aliphatic carbocycles. The summed E-state index contributed by atoms with van der Waals surface area (Å²) in [7, 11) is 0. The number of nitrogens with two attached hydrogens (primary N) is 1. The molecule has 1 aromatic heterocycles. The summed E-state index contributed by atoms with van der Waals surface area (Å²) in [5.74, 6) is 0.242. The van der Waals surface area contributed by atoms with Crippen molar-refractivity contribution < 1.29 is 9.53 Å². The SMILES string of the molecule is CCC1OCCC1CNC(=O)c1c(N)cnn1CC. The number of amides is 1. The van der Waals surface area contributed by atoms with Gasteiger partial charge < -0.3 is 15.8 Å². The van der Waals surface area contributed by atoms with Gasteiger partial charge in [-0.25, -0.2) is 0 Å². The molecule has 106 valence electrons. The van der Waals surface area contributed by atoms with Gasteiger partial charge in [-0.05, 0) is 19.8 Å². The lowest BCUT2D eigenvalue weighted by Crippen LogP contribution is -2.34. The molecule has 1 aliphatic heterocycles. The van der Waals surface area contributed by atoms with Gasteiger partial charge in [0.1, 0.15) is 5.69 Å². The highest BCUT2D eigenvalue weighted by molar-refractivity contribution is 5.97. The van der Waals surface area contributed by atoms with Gasteiger partial charge in [-0.2, -0.15) is 5.10 Å².